The van der Waals surface area contributed by atoms with Gasteiger partial charge in [0.05, 0.1) is 20.3 Å². The molecular formula is C15H25NO4. The molecule has 0 atom stereocenters. The van der Waals surface area contributed by atoms with Gasteiger partial charge in [-0.15, -0.1) is 0 Å². The van der Waals surface area contributed by atoms with Gasteiger partial charge in [0, 0.05) is 26.8 Å². The molecule has 5 heteroatoms. The number of hydrogen-bond acceptors (Lipinski definition) is 5. The van der Waals surface area contributed by atoms with Gasteiger partial charge in [-0.05, 0) is 30.5 Å². The second-order valence-electron chi connectivity index (χ2n) is 4.43. The van der Waals surface area contributed by atoms with Gasteiger partial charge < -0.3 is 24.6 Å². The maximum atomic E-state index is 8.73. The lowest BCUT2D eigenvalue weighted by Crippen LogP contribution is -2.18. The van der Waals surface area contributed by atoms with Crippen molar-refractivity contribution in [2.45, 2.75) is 19.4 Å². The zero-order chi connectivity index (χ0) is 14.6. The van der Waals surface area contributed by atoms with E-state index in [2.05, 4.69) is 5.32 Å². The summed E-state index contributed by atoms with van der Waals surface area (Å²) in [6, 6.07) is 5.91. The number of hydrogen-bond donors (Lipinski definition) is 2. The molecule has 0 aliphatic carbocycles. The fourth-order valence-corrected chi connectivity index (χ4v) is 1.74. The predicted octanol–water partition coefficient (Wildman–Crippen LogP) is 1.58. The maximum absolute atomic E-state index is 8.73. The molecule has 0 heterocycles. The Hall–Kier alpha value is -1.30. The van der Waals surface area contributed by atoms with Crippen LogP contribution in [0.4, 0.5) is 0 Å². The SMILES string of the molecule is COCCNCc1ccc(OCCCCO)c(OC)c1. The average molecular weight is 283 g/mol. The fourth-order valence-electron chi connectivity index (χ4n) is 1.74. The topological polar surface area (TPSA) is 60.0 Å². The summed E-state index contributed by atoms with van der Waals surface area (Å²) in [6.45, 7) is 3.07. The van der Waals surface area contributed by atoms with Crippen LogP contribution in [0.5, 0.6) is 11.5 Å². The Labute approximate surface area is 120 Å². The Bertz CT molecular complexity index is 371. The van der Waals surface area contributed by atoms with E-state index < -0.39 is 0 Å². The zero-order valence-electron chi connectivity index (χ0n) is 12.4. The van der Waals surface area contributed by atoms with Crippen molar-refractivity contribution in [2.24, 2.45) is 0 Å². The lowest BCUT2D eigenvalue weighted by Gasteiger charge is -2.12. The summed E-state index contributed by atoms with van der Waals surface area (Å²) in [4.78, 5) is 0. The van der Waals surface area contributed by atoms with Gasteiger partial charge in [0.25, 0.3) is 0 Å². The molecule has 0 aromatic heterocycles. The molecule has 0 saturated heterocycles. The fraction of sp³-hybridized carbons (Fsp3) is 0.600. The standard InChI is InChI=1S/C15H25NO4/c1-18-10-7-16-12-13-5-6-14(15(11-13)19-2)20-9-4-3-8-17/h5-6,11,16-17H,3-4,7-10,12H2,1-2H3. The van der Waals surface area contributed by atoms with Crippen molar-refractivity contribution >= 4 is 0 Å². The molecular weight excluding hydrogens is 258 g/mol. The Balaban J connectivity index is 2.47. The lowest BCUT2D eigenvalue weighted by molar-refractivity contribution is 0.199. The highest BCUT2D eigenvalue weighted by atomic mass is 16.5. The minimum Gasteiger partial charge on any atom is -0.493 e. The molecule has 0 spiro atoms. The molecule has 20 heavy (non-hydrogen) atoms. The average Bonchev–Trinajstić information content (AvgIpc) is 2.49. The van der Waals surface area contributed by atoms with Gasteiger partial charge in [0.2, 0.25) is 0 Å². The van der Waals surface area contributed by atoms with Crippen molar-refractivity contribution in [1.82, 2.24) is 5.32 Å². The van der Waals surface area contributed by atoms with Gasteiger partial charge in [0.15, 0.2) is 11.5 Å². The third-order valence-electron chi connectivity index (χ3n) is 2.85. The van der Waals surface area contributed by atoms with Gasteiger partial charge in [0.1, 0.15) is 0 Å². The minimum atomic E-state index is 0.201. The van der Waals surface area contributed by atoms with Gasteiger partial charge in [-0.3, -0.25) is 0 Å². The molecule has 2 N–H and O–H groups in total. The molecule has 0 unspecified atom stereocenters. The molecule has 1 aromatic rings. The van der Waals surface area contributed by atoms with Crippen LogP contribution in [0.3, 0.4) is 0 Å². The number of nitrogens with one attached hydrogen (secondary N) is 1. The largest absolute Gasteiger partial charge is 0.493 e. The summed E-state index contributed by atoms with van der Waals surface area (Å²) < 4.78 is 16.0. The van der Waals surface area contributed by atoms with E-state index in [1.807, 2.05) is 18.2 Å². The summed E-state index contributed by atoms with van der Waals surface area (Å²) in [5, 5.41) is 12.0. The second kappa shape index (κ2) is 10.5. The molecule has 1 aromatic carbocycles. The van der Waals surface area contributed by atoms with Crippen LogP contribution in [0.25, 0.3) is 0 Å². The highest BCUT2D eigenvalue weighted by Gasteiger charge is 2.05. The van der Waals surface area contributed by atoms with E-state index in [-0.39, 0.29) is 6.61 Å². The van der Waals surface area contributed by atoms with E-state index in [0.717, 1.165) is 43.0 Å². The molecule has 0 bridgehead atoms. The van der Waals surface area contributed by atoms with Crippen LogP contribution in [0, 0.1) is 0 Å². The number of methoxy groups -OCH3 is 2. The minimum absolute atomic E-state index is 0.201. The quantitative estimate of drug-likeness (QED) is 0.604. The molecule has 0 radical (unpaired) electrons. The smallest absolute Gasteiger partial charge is 0.161 e. The monoisotopic (exact) mass is 283 g/mol. The summed E-state index contributed by atoms with van der Waals surface area (Å²) in [5.41, 5.74) is 1.14. The second-order valence-corrected chi connectivity index (χ2v) is 4.43. The lowest BCUT2D eigenvalue weighted by atomic mass is 10.2. The van der Waals surface area contributed by atoms with Crippen molar-refractivity contribution in [1.29, 1.82) is 0 Å². The van der Waals surface area contributed by atoms with Crippen molar-refractivity contribution < 1.29 is 19.3 Å². The van der Waals surface area contributed by atoms with Gasteiger partial charge in [-0.2, -0.15) is 0 Å². The molecule has 0 saturated carbocycles. The summed E-state index contributed by atoms with van der Waals surface area (Å²) in [7, 11) is 3.33. The van der Waals surface area contributed by atoms with Crippen LogP contribution < -0.4 is 14.8 Å². The van der Waals surface area contributed by atoms with Crippen molar-refractivity contribution in [3.63, 3.8) is 0 Å². The number of aliphatic hydroxyl groups excluding tert-OH is 1. The molecule has 114 valence electrons. The third-order valence-corrected chi connectivity index (χ3v) is 2.85. The van der Waals surface area contributed by atoms with Crippen LogP contribution >= 0.6 is 0 Å². The van der Waals surface area contributed by atoms with E-state index in [1.54, 1.807) is 14.2 Å². The molecule has 0 aliphatic heterocycles. The van der Waals surface area contributed by atoms with E-state index in [4.69, 9.17) is 19.3 Å². The zero-order valence-corrected chi connectivity index (χ0v) is 12.4. The maximum Gasteiger partial charge on any atom is 0.161 e. The van der Waals surface area contributed by atoms with Crippen LogP contribution in [0.1, 0.15) is 18.4 Å². The normalized spacial score (nSPS) is 10.6. The van der Waals surface area contributed by atoms with E-state index in [1.165, 1.54) is 0 Å². The third kappa shape index (κ3) is 6.23. The summed E-state index contributed by atoms with van der Waals surface area (Å²) in [5.74, 6) is 1.48. The number of benzene rings is 1. The van der Waals surface area contributed by atoms with E-state index in [0.29, 0.717) is 13.2 Å². The summed E-state index contributed by atoms with van der Waals surface area (Å²) >= 11 is 0. The highest BCUT2D eigenvalue weighted by Crippen LogP contribution is 2.28. The Kier molecular flexibility index (Phi) is 8.78. The van der Waals surface area contributed by atoms with E-state index >= 15 is 0 Å². The number of aliphatic hydroxyl groups is 1. The first-order chi connectivity index (χ1) is 9.81. The van der Waals surface area contributed by atoms with Crippen LogP contribution in [-0.4, -0.2) is 45.7 Å². The Morgan fingerprint density at radius 3 is 2.65 bits per heavy atom. The van der Waals surface area contributed by atoms with Crippen LogP contribution in [0.2, 0.25) is 0 Å². The number of rotatable bonds is 11. The van der Waals surface area contributed by atoms with E-state index in [9.17, 15) is 0 Å². The first-order valence-corrected chi connectivity index (χ1v) is 6.92. The molecule has 0 aliphatic rings. The van der Waals surface area contributed by atoms with Crippen LogP contribution in [0.15, 0.2) is 18.2 Å². The predicted molar refractivity (Wildman–Crippen MR) is 78.4 cm³/mol. The van der Waals surface area contributed by atoms with Gasteiger partial charge in [-0.1, -0.05) is 6.07 Å². The molecule has 0 fully saturated rings. The number of ether oxygens (including phenoxy) is 3. The molecule has 0 amide bonds. The van der Waals surface area contributed by atoms with Crippen molar-refractivity contribution in [3.8, 4) is 11.5 Å². The Morgan fingerprint density at radius 1 is 1.10 bits per heavy atom. The van der Waals surface area contributed by atoms with Gasteiger partial charge >= 0.3 is 0 Å². The van der Waals surface area contributed by atoms with Gasteiger partial charge in [-0.25, -0.2) is 0 Å². The summed E-state index contributed by atoms with van der Waals surface area (Å²) in [6.07, 6.45) is 1.59. The first kappa shape index (κ1) is 16.8. The van der Waals surface area contributed by atoms with Crippen molar-refractivity contribution in [2.75, 3.05) is 40.6 Å². The molecule has 1 rings (SSSR count). The highest BCUT2D eigenvalue weighted by molar-refractivity contribution is 5.42. The van der Waals surface area contributed by atoms with Crippen molar-refractivity contribution in [3.05, 3.63) is 23.8 Å². The van der Waals surface area contributed by atoms with Crippen LogP contribution in [-0.2, 0) is 11.3 Å². The first-order valence-electron chi connectivity index (χ1n) is 6.92. The Morgan fingerprint density at radius 2 is 1.95 bits per heavy atom. The molecule has 5 nitrogen and oxygen atoms in total. The number of unbranched alkanes of at least 4 members (excludes halogenated alkanes) is 1.